The zero-order valence-corrected chi connectivity index (χ0v) is 11.1. The molecule has 0 spiro atoms. The van der Waals surface area contributed by atoms with Gasteiger partial charge in [-0.2, -0.15) is 5.26 Å². The first-order chi connectivity index (χ1) is 9.19. The van der Waals surface area contributed by atoms with Gasteiger partial charge in [-0.25, -0.2) is 0 Å². The third-order valence-electron chi connectivity index (χ3n) is 4.86. The average molecular weight is 257 g/mol. The monoisotopic (exact) mass is 257 g/mol. The molecule has 1 aliphatic heterocycles. The molecule has 19 heavy (non-hydrogen) atoms. The first kappa shape index (κ1) is 12.7. The Morgan fingerprint density at radius 3 is 2.47 bits per heavy atom. The summed E-state index contributed by atoms with van der Waals surface area (Å²) in [6, 6.07) is 10.7. The Morgan fingerprint density at radius 2 is 1.79 bits per heavy atom. The van der Waals surface area contributed by atoms with E-state index < -0.39 is 11.0 Å². The van der Waals surface area contributed by atoms with Gasteiger partial charge in [-0.1, -0.05) is 24.3 Å². The standard InChI is InChI=1S/C16H19NO2/c17-12-15(16(18)7-9-19-10-8-16)6-5-13-3-1-2-4-14(13)11-15/h1-4,18H,5-11H2. The topological polar surface area (TPSA) is 53.2 Å². The van der Waals surface area contributed by atoms with E-state index in [1.165, 1.54) is 11.1 Å². The summed E-state index contributed by atoms with van der Waals surface area (Å²) in [7, 11) is 0. The van der Waals surface area contributed by atoms with Gasteiger partial charge in [-0.05, 0) is 30.4 Å². The van der Waals surface area contributed by atoms with Crippen molar-refractivity contribution in [2.75, 3.05) is 13.2 Å². The van der Waals surface area contributed by atoms with Crippen LogP contribution in [0.5, 0.6) is 0 Å². The van der Waals surface area contributed by atoms with Gasteiger partial charge in [0, 0.05) is 26.1 Å². The first-order valence-electron chi connectivity index (χ1n) is 6.97. The second-order valence-electron chi connectivity index (χ2n) is 5.78. The number of hydrogen-bond acceptors (Lipinski definition) is 3. The van der Waals surface area contributed by atoms with E-state index in [0.29, 0.717) is 32.5 Å². The third-order valence-corrected chi connectivity index (χ3v) is 4.86. The molecule has 3 heteroatoms. The van der Waals surface area contributed by atoms with Gasteiger partial charge in [0.1, 0.15) is 0 Å². The van der Waals surface area contributed by atoms with Crippen LogP contribution in [0.15, 0.2) is 24.3 Å². The number of ether oxygens (including phenoxy) is 1. The molecule has 1 atom stereocenters. The van der Waals surface area contributed by atoms with Gasteiger partial charge >= 0.3 is 0 Å². The molecule has 1 heterocycles. The smallest absolute Gasteiger partial charge is 0.0905 e. The van der Waals surface area contributed by atoms with E-state index in [-0.39, 0.29) is 0 Å². The molecule has 0 amide bonds. The summed E-state index contributed by atoms with van der Waals surface area (Å²) in [5, 5.41) is 20.7. The van der Waals surface area contributed by atoms with E-state index in [9.17, 15) is 10.4 Å². The molecule has 1 aliphatic carbocycles. The fourth-order valence-electron chi connectivity index (χ4n) is 3.52. The maximum atomic E-state index is 11.0. The average Bonchev–Trinajstić information content (AvgIpc) is 2.47. The Bertz CT molecular complexity index is 514. The van der Waals surface area contributed by atoms with Crippen molar-refractivity contribution >= 4 is 0 Å². The Balaban J connectivity index is 1.96. The quantitative estimate of drug-likeness (QED) is 0.839. The van der Waals surface area contributed by atoms with Crippen molar-refractivity contribution in [1.82, 2.24) is 0 Å². The van der Waals surface area contributed by atoms with E-state index in [4.69, 9.17) is 4.74 Å². The second-order valence-corrected chi connectivity index (χ2v) is 5.78. The fraction of sp³-hybridized carbons (Fsp3) is 0.562. The summed E-state index contributed by atoms with van der Waals surface area (Å²) >= 11 is 0. The van der Waals surface area contributed by atoms with Crippen molar-refractivity contribution in [3.63, 3.8) is 0 Å². The van der Waals surface area contributed by atoms with Crippen LogP contribution in [0.3, 0.4) is 0 Å². The normalized spacial score (nSPS) is 29.3. The van der Waals surface area contributed by atoms with Gasteiger partial charge in [0.15, 0.2) is 0 Å². The molecular formula is C16H19NO2. The molecule has 1 saturated heterocycles. The minimum Gasteiger partial charge on any atom is -0.388 e. The lowest BCUT2D eigenvalue weighted by Gasteiger charge is -2.47. The zero-order chi connectivity index (χ0) is 13.3. The second kappa shape index (κ2) is 4.63. The number of nitrogens with zero attached hydrogens (tertiary/aromatic N) is 1. The van der Waals surface area contributed by atoms with Gasteiger partial charge in [-0.15, -0.1) is 0 Å². The van der Waals surface area contributed by atoms with Crippen molar-refractivity contribution in [3.05, 3.63) is 35.4 Å². The van der Waals surface area contributed by atoms with E-state index in [0.717, 1.165) is 12.8 Å². The highest BCUT2D eigenvalue weighted by atomic mass is 16.5. The molecule has 1 fully saturated rings. The molecule has 100 valence electrons. The van der Waals surface area contributed by atoms with Gasteiger partial charge in [0.25, 0.3) is 0 Å². The fourth-order valence-corrected chi connectivity index (χ4v) is 3.52. The lowest BCUT2D eigenvalue weighted by Crippen LogP contribution is -2.53. The highest BCUT2D eigenvalue weighted by Gasteiger charge is 2.52. The van der Waals surface area contributed by atoms with Crippen LogP contribution in [0, 0.1) is 16.7 Å². The Labute approximate surface area is 113 Å². The zero-order valence-electron chi connectivity index (χ0n) is 11.1. The Kier molecular flexibility index (Phi) is 3.08. The van der Waals surface area contributed by atoms with E-state index in [1.807, 2.05) is 12.1 Å². The molecule has 1 aromatic rings. The number of hydrogen-bond donors (Lipinski definition) is 1. The van der Waals surface area contributed by atoms with Crippen LogP contribution in [-0.4, -0.2) is 23.9 Å². The van der Waals surface area contributed by atoms with Crippen molar-refractivity contribution < 1.29 is 9.84 Å². The predicted molar refractivity (Wildman–Crippen MR) is 71.5 cm³/mol. The number of aliphatic hydroxyl groups is 1. The number of nitriles is 1. The summed E-state index contributed by atoms with van der Waals surface area (Å²) in [6.45, 7) is 1.11. The summed E-state index contributed by atoms with van der Waals surface area (Å²) in [5.74, 6) is 0. The molecule has 1 N–H and O–H groups in total. The highest BCUT2D eigenvalue weighted by Crippen LogP contribution is 2.47. The van der Waals surface area contributed by atoms with Crippen LogP contribution in [-0.2, 0) is 17.6 Å². The number of rotatable bonds is 1. The van der Waals surface area contributed by atoms with Crippen LogP contribution in [0.25, 0.3) is 0 Å². The number of fused-ring (bicyclic) bond motifs is 1. The van der Waals surface area contributed by atoms with Crippen LogP contribution in [0.1, 0.15) is 30.4 Å². The van der Waals surface area contributed by atoms with Gasteiger partial charge in [0.2, 0.25) is 0 Å². The summed E-state index contributed by atoms with van der Waals surface area (Å²) in [6.07, 6.45) is 3.44. The highest BCUT2D eigenvalue weighted by molar-refractivity contribution is 5.34. The molecule has 0 bridgehead atoms. The molecule has 1 aromatic carbocycles. The molecule has 1 unspecified atom stereocenters. The van der Waals surface area contributed by atoms with E-state index >= 15 is 0 Å². The van der Waals surface area contributed by atoms with Gasteiger partial charge < -0.3 is 9.84 Å². The summed E-state index contributed by atoms with van der Waals surface area (Å²) in [5.41, 5.74) is 0.998. The molecule has 0 saturated carbocycles. The van der Waals surface area contributed by atoms with Gasteiger partial charge in [-0.3, -0.25) is 0 Å². The molecule has 0 aromatic heterocycles. The third kappa shape index (κ3) is 1.96. The van der Waals surface area contributed by atoms with Crippen LogP contribution in [0.4, 0.5) is 0 Å². The van der Waals surface area contributed by atoms with Crippen LogP contribution >= 0.6 is 0 Å². The summed E-state index contributed by atoms with van der Waals surface area (Å²) < 4.78 is 5.35. The SMILES string of the molecule is N#CC1(C2(O)CCOCC2)CCc2ccccc2C1. The number of aryl methyl sites for hydroxylation is 1. The molecule has 2 aliphatic rings. The maximum absolute atomic E-state index is 11.0. The summed E-state index contributed by atoms with van der Waals surface area (Å²) in [4.78, 5) is 0. The Morgan fingerprint density at radius 1 is 1.11 bits per heavy atom. The van der Waals surface area contributed by atoms with Crippen molar-refractivity contribution in [2.45, 2.75) is 37.7 Å². The minimum absolute atomic E-state index is 0.557. The van der Waals surface area contributed by atoms with Crippen molar-refractivity contribution in [3.8, 4) is 6.07 Å². The molecule has 0 radical (unpaired) electrons. The van der Waals surface area contributed by atoms with E-state index in [2.05, 4.69) is 18.2 Å². The van der Waals surface area contributed by atoms with Crippen molar-refractivity contribution in [1.29, 1.82) is 5.26 Å². The van der Waals surface area contributed by atoms with E-state index in [1.54, 1.807) is 0 Å². The molecule has 3 nitrogen and oxygen atoms in total. The Hall–Kier alpha value is -1.37. The molecule has 3 rings (SSSR count). The molecular weight excluding hydrogens is 238 g/mol. The lowest BCUT2D eigenvalue weighted by molar-refractivity contribution is -0.128. The minimum atomic E-state index is -0.895. The predicted octanol–water partition coefficient (Wildman–Crippen LogP) is 2.23. The largest absolute Gasteiger partial charge is 0.388 e. The van der Waals surface area contributed by atoms with Crippen LogP contribution in [0.2, 0.25) is 0 Å². The van der Waals surface area contributed by atoms with Gasteiger partial charge in [0.05, 0.1) is 17.1 Å². The number of benzene rings is 1. The first-order valence-corrected chi connectivity index (χ1v) is 6.97. The lowest BCUT2D eigenvalue weighted by atomic mass is 9.60. The van der Waals surface area contributed by atoms with Crippen molar-refractivity contribution in [2.24, 2.45) is 5.41 Å². The van der Waals surface area contributed by atoms with Crippen LogP contribution < -0.4 is 0 Å². The maximum Gasteiger partial charge on any atom is 0.0905 e.